The summed E-state index contributed by atoms with van der Waals surface area (Å²) < 4.78 is 25.8. The van der Waals surface area contributed by atoms with Crippen molar-refractivity contribution in [3.05, 3.63) is 71.2 Å². The van der Waals surface area contributed by atoms with Crippen molar-refractivity contribution >= 4 is 49.7 Å². The molecule has 1 amide bonds. The maximum absolute atomic E-state index is 12.3. The summed E-state index contributed by atoms with van der Waals surface area (Å²) in [6.45, 7) is 2.03. The number of fused-ring (bicyclic) bond motifs is 1. The average molecular weight is 431 g/mol. The van der Waals surface area contributed by atoms with Gasteiger partial charge >= 0.3 is 0 Å². The highest BCUT2D eigenvalue weighted by atomic mass is 35.5. The van der Waals surface area contributed by atoms with Gasteiger partial charge in [-0.05, 0) is 53.9 Å². The van der Waals surface area contributed by atoms with E-state index in [1.54, 1.807) is 18.2 Å². The van der Waals surface area contributed by atoms with Crippen LogP contribution in [0.3, 0.4) is 0 Å². The van der Waals surface area contributed by atoms with Crippen molar-refractivity contribution in [3.63, 3.8) is 0 Å². The standard InChI is InChI=1S/C22H23ClN2O3S/c1-16-9-11-19(23)15-21(16)25(29(2,27)28)13-5-8-22(26)24-20-12-10-17-6-3-4-7-18(17)14-20/h3-4,6-7,9-12,14-15H,5,8,13H2,1-2H3,(H,24,26). The molecule has 0 atom stereocenters. The Hall–Kier alpha value is -2.57. The number of nitrogens with zero attached hydrogens (tertiary/aromatic N) is 1. The molecule has 0 aliphatic carbocycles. The van der Waals surface area contributed by atoms with Crippen LogP contribution in [0.5, 0.6) is 0 Å². The minimum Gasteiger partial charge on any atom is -0.326 e. The quantitative estimate of drug-likeness (QED) is 0.574. The molecule has 0 aromatic heterocycles. The van der Waals surface area contributed by atoms with E-state index in [2.05, 4.69) is 5.32 Å². The molecule has 0 fully saturated rings. The lowest BCUT2D eigenvalue weighted by molar-refractivity contribution is -0.116. The molecule has 7 heteroatoms. The fourth-order valence-corrected chi connectivity index (χ4v) is 4.37. The number of nitrogens with one attached hydrogen (secondary N) is 1. The van der Waals surface area contributed by atoms with Gasteiger partial charge in [-0.25, -0.2) is 8.42 Å². The van der Waals surface area contributed by atoms with E-state index in [1.807, 2.05) is 49.4 Å². The van der Waals surface area contributed by atoms with Crippen LogP contribution in [0.4, 0.5) is 11.4 Å². The maximum Gasteiger partial charge on any atom is 0.232 e. The van der Waals surface area contributed by atoms with Gasteiger partial charge in [0.25, 0.3) is 0 Å². The molecule has 3 aromatic rings. The number of rotatable bonds is 7. The van der Waals surface area contributed by atoms with Crippen LogP contribution in [0, 0.1) is 6.92 Å². The average Bonchev–Trinajstić information content (AvgIpc) is 2.66. The van der Waals surface area contributed by atoms with Crippen molar-refractivity contribution < 1.29 is 13.2 Å². The molecule has 0 saturated heterocycles. The van der Waals surface area contributed by atoms with Crippen molar-refractivity contribution in [1.29, 1.82) is 0 Å². The predicted molar refractivity (Wildman–Crippen MR) is 120 cm³/mol. The Morgan fingerprint density at radius 3 is 2.48 bits per heavy atom. The van der Waals surface area contributed by atoms with Gasteiger partial charge in [0.1, 0.15) is 0 Å². The highest BCUT2D eigenvalue weighted by molar-refractivity contribution is 7.92. The highest BCUT2D eigenvalue weighted by Crippen LogP contribution is 2.26. The van der Waals surface area contributed by atoms with E-state index in [0.29, 0.717) is 17.1 Å². The van der Waals surface area contributed by atoms with Crippen molar-refractivity contribution in [2.24, 2.45) is 0 Å². The van der Waals surface area contributed by atoms with Crippen LogP contribution < -0.4 is 9.62 Å². The van der Waals surface area contributed by atoms with Crippen molar-refractivity contribution in [1.82, 2.24) is 0 Å². The Labute approximate surface area is 176 Å². The van der Waals surface area contributed by atoms with E-state index in [4.69, 9.17) is 11.6 Å². The third-order valence-corrected chi connectivity index (χ3v) is 6.05. The molecule has 0 radical (unpaired) electrons. The molecule has 0 aliphatic rings. The third kappa shape index (κ3) is 5.49. The van der Waals surface area contributed by atoms with Crippen molar-refractivity contribution in [2.75, 3.05) is 22.4 Å². The van der Waals surface area contributed by atoms with E-state index < -0.39 is 10.0 Å². The summed E-state index contributed by atoms with van der Waals surface area (Å²) in [5, 5.41) is 5.49. The number of anilines is 2. The monoisotopic (exact) mass is 430 g/mol. The van der Waals surface area contributed by atoms with E-state index in [0.717, 1.165) is 28.3 Å². The molecule has 0 bridgehead atoms. The molecule has 0 unspecified atom stereocenters. The summed E-state index contributed by atoms with van der Waals surface area (Å²) in [7, 11) is -3.50. The number of benzene rings is 3. The lowest BCUT2D eigenvalue weighted by Crippen LogP contribution is -2.32. The van der Waals surface area contributed by atoms with Gasteiger partial charge in [0.15, 0.2) is 0 Å². The summed E-state index contributed by atoms with van der Waals surface area (Å²) in [4.78, 5) is 12.3. The van der Waals surface area contributed by atoms with Gasteiger partial charge in [-0.2, -0.15) is 0 Å². The highest BCUT2D eigenvalue weighted by Gasteiger charge is 2.19. The van der Waals surface area contributed by atoms with Crippen LogP contribution in [0.15, 0.2) is 60.7 Å². The lowest BCUT2D eigenvalue weighted by atomic mass is 10.1. The van der Waals surface area contributed by atoms with Crippen LogP contribution in [-0.4, -0.2) is 27.1 Å². The van der Waals surface area contributed by atoms with Gasteiger partial charge in [0, 0.05) is 23.7 Å². The van der Waals surface area contributed by atoms with Gasteiger partial charge in [-0.1, -0.05) is 48.0 Å². The zero-order valence-electron chi connectivity index (χ0n) is 16.4. The van der Waals surface area contributed by atoms with Crippen LogP contribution in [0.1, 0.15) is 18.4 Å². The molecule has 0 saturated carbocycles. The van der Waals surface area contributed by atoms with Crippen molar-refractivity contribution in [2.45, 2.75) is 19.8 Å². The number of hydrogen-bond acceptors (Lipinski definition) is 3. The second kappa shape index (κ2) is 8.84. The van der Waals surface area contributed by atoms with Crippen molar-refractivity contribution in [3.8, 4) is 0 Å². The van der Waals surface area contributed by atoms with Gasteiger partial charge in [0.2, 0.25) is 15.9 Å². The first-order valence-electron chi connectivity index (χ1n) is 9.26. The third-order valence-electron chi connectivity index (χ3n) is 4.64. The van der Waals surface area contributed by atoms with Gasteiger partial charge < -0.3 is 5.32 Å². The number of halogens is 1. The second-order valence-electron chi connectivity index (χ2n) is 6.98. The normalized spacial score (nSPS) is 11.4. The Balaban J connectivity index is 1.64. The summed E-state index contributed by atoms with van der Waals surface area (Å²) >= 11 is 6.04. The fourth-order valence-electron chi connectivity index (χ4n) is 3.19. The molecule has 3 rings (SSSR count). The van der Waals surface area contributed by atoms with E-state index in [-0.39, 0.29) is 18.9 Å². The molecular weight excluding hydrogens is 408 g/mol. The van der Waals surface area contributed by atoms with Gasteiger partial charge in [-0.3, -0.25) is 9.10 Å². The number of hydrogen-bond donors (Lipinski definition) is 1. The summed E-state index contributed by atoms with van der Waals surface area (Å²) in [6.07, 6.45) is 1.75. The first kappa shape index (κ1) is 21.1. The van der Waals surface area contributed by atoms with Gasteiger partial charge in [0.05, 0.1) is 11.9 Å². The van der Waals surface area contributed by atoms with Crippen LogP contribution in [-0.2, 0) is 14.8 Å². The lowest BCUT2D eigenvalue weighted by Gasteiger charge is -2.24. The maximum atomic E-state index is 12.3. The predicted octanol–water partition coefficient (Wildman–Crippen LogP) is 4.99. The SMILES string of the molecule is Cc1ccc(Cl)cc1N(CCCC(=O)Nc1ccc2ccccc2c1)S(C)(=O)=O. The topological polar surface area (TPSA) is 66.5 Å². The Morgan fingerprint density at radius 1 is 1.03 bits per heavy atom. The smallest absolute Gasteiger partial charge is 0.232 e. The fraction of sp³-hybridized carbons (Fsp3) is 0.227. The molecule has 1 N–H and O–H groups in total. The molecule has 152 valence electrons. The minimum absolute atomic E-state index is 0.156. The van der Waals surface area contributed by atoms with E-state index in [9.17, 15) is 13.2 Å². The number of amides is 1. The van der Waals surface area contributed by atoms with Crippen LogP contribution >= 0.6 is 11.6 Å². The molecule has 0 spiro atoms. The van der Waals surface area contributed by atoms with Crippen LogP contribution in [0.2, 0.25) is 5.02 Å². The molecule has 29 heavy (non-hydrogen) atoms. The number of carbonyl (C=O) groups excluding carboxylic acids is 1. The Morgan fingerprint density at radius 2 is 1.76 bits per heavy atom. The first-order chi connectivity index (χ1) is 13.7. The molecule has 0 heterocycles. The van der Waals surface area contributed by atoms with E-state index in [1.165, 1.54) is 4.31 Å². The summed E-state index contributed by atoms with van der Waals surface area (Å²) in [6, 6.07) is 18.8. The van der Waals surface area contributed by atoms with Crippen LogP contribution in [0.25, 0.3) is 10.8 Å². The number of aryl methyl sites for hydroxylation is 1. The van der Waals surface area contributed by atoms with Gasteiger partial charge in [-0.15, -0.1) is 0 Å². The minimum atomic E-state index is -3.50. The number of carbonyl (C=O) groups is 1. The zero-order chi connectivity index (χ0) is 21.0. The largest absolute Gasteiger partial charge is 0.326 e. The van der Waals surface area contributed by atoms with E-state index >= 15 is 0 Å². The molecule has 3 aromatic carbocycles. The number of sulfonamides is 1. The zero-order valence-corrected chi connectivity index (χ0v) is 17.9. The molecule has 0 aliphatic heterocycles. The first-order valence-corrected chi connectivity index (χ1v) is 11.5. The Bertz CT molecular complexity index is 1150. The summed E-state index contributed by atoms with van der Waals surface area (Å²) in [5.41, 5.74) is 2.06. The molecule has 5 nitrogen and oxygen atoms in total. The second-order valence-corrected chi connectivity index (χ2v) is 9.32. The summed E-state index contributed by atoms with van der Waals surface area (Å²) in [5.74, 6) is -0.156. The molecular formula is C22H23ClN2O3S. The Kier molecular flexibility index (Phi) is 6.45.